The van der Waals surface area contributed by atoms with Gasteiger partial charge in [-0.1, -0.05) is 6.07 Å². The Morgan fingerprint density at radius 3 is 2.48 bits per heavy atom. The summed E-state index contributed by atoms with van der Waals surface area (Å²) in [5.74, 6) is 0.296. The maximum absolute atomic E-state index is 13.0. The van der Waals surface area contributed by atoms with E-state index in [0.717, 1.165) is 22.2 Å². The van der Waals surface area contributed by atoms with Gasteiger partial charge in [0.05, 0.1) is 32.9 Å². The highest BCUT2D eigenvalue weighted by atomic mass is 16.5. The summed E-state index contributed by atoms with van der Waals surface area (Å²) in [7, 11) is 4.66. The van der Waals surface area contributed by atoms with Crippen LogP contribution in [0.5, 0.6) is 17.2 Å². The van der Waals surface area contributed by atoms with Crippen LogP contribution in [0.25, 0.3) is 10.9 Å². The predicted octanol–water partition coefficient (Wildman–Crippen LogP) is 3.72. The molecule has 0 saturated heterocycles. The lowest BCUT2D eigenvalue weighted by molar-refractivity contribution is -0.129. The number of ether oxygens (including phenoxy) is 3. The number of Topliss-reactive ketones (excluding diaryl/α,β-unsaturated/α-hetero) is 1. The van der Waals surface area contributed by atoms with Crippen molar-refractivity contribution in [1.29, 1.82) is 0 Å². The van der Waals surface area contributed by atoms with Gasteiger partial charge in [0.15, 0.2) is 23.0 Å². The number of benzene rings is 2. The molecule has 0 aliphatic carbocycles. The van der Waals surface area contributed by atoms with Crippen LogP contribution >= 0.6 is 0 Å². The van der Waals surface area contributed by atoms with E-state index in [1.807, 2.05) is 24.4 Å². The standard InChI is InChI=1S/C25H26N2O6/c1-14(28)22-23(15-5-8-20(32-3)21(11-15)33-4)27(25(30)24(22)29)10-9-16-13-26-19-7-6-17(31-2)12-18(16)19/h5-8,11-13,23,26,29H,9-10H2,1-4H3. The second kappa shape index (κ2) is 8.90. The van der Waals surface area contributed by atoms with Gasteiger partial charge in [-0.3, -0.25) is 9.59 Å². The summed E-state index contributed by atoms with van der Waals surface area (Å²) in [4.78, 5) is 30.2. The van der Waals surface area contributed by atoms with Crippen molar-refractivity contribution in [2.45, 2.75) is 19.4 Å². The van der Waals surface area contributed by atoms with Gasteiger partial charge in [-0.15, -0.1) is 0 Å². The minimum atomic E-state index is -0.727. The maximum Gasteiger partial charge on any atom is 0.290 e. The highest BCUT2D eigenvalue weighted by molar-refractivity contribution is 6.08. The fraction of sp³-hybridized carbons (Fsp3) is 0.280. The number of aromatic nitrogens is 1. The average molecular weight is 450 g/mol. The zero-order valence-electron chi connectivity index (χ0n) is 19.0. The number of ketones is 1. The van der Waals surface area contributed by atoms with E-state index in [0.29, 0.717) is 30.0 Å². The van der Waals surface area contributed by atoms with E-state index in [1.165, 1.54) is 26.0 Å². The SMILES string of the molecule is COc1ccc2[nH]cc(CCN3C(=O)C(O)=C(C(C)=O)C3c3ccc(OC)c(OC)c3)c2c1. The van der Waals surface area contributed by atoms with E-state index in [9.17, 15) is 14.7 Å². The van der Waals surface area contributed by atoms with Crippen LogP contribution in [-0.4, -0.2) is 54.6 Å². The lowest BCUT2D eigenvalue weighted by Crippen LogP contribution is -2.32. The summed E-state index contributed by atoms with van der Waals surface area (Å²) in [6, 6.07) is 10.2. The van der Waals surface area contributed by atoms with Crippen molar-refractivity contribution >= 4 is 22.6 Å². The number of carbonyl (C=O) groups excluding carboxylic acids is 2. The monoisotopic (exact) mass is 450 g/mol. The van der Waals surface area contributed by atoms with Gasteiger partial charge in [0.2, 0.25) is 0 Å². The second-order valence-corrected chi connectivity index (χ2v) is 7.81. The number of hydrogen-bond acceptors (Lipinski definition) is 6. The van der Waals surface area contributed by atoms with Crippen LogP contribution in [0.2, 0.25) is 0 Å². The Labute approximate surface area is 191 Å². The Balaban J connectivity index is 1.69. The van der Waals surface area contributed by atoms with Gasteiger partial charge in [-0.2, -0.15) is 0 Å². The van der Waals surface area contributed by atoms with Crippen LogP contribution in [0.1, 0.15) is 24.1 Å². The zero-order valence-corrected chi connectivity index (χ0v) is 19.0. The Hall–Kier alpha value is -3.94. The zero-order chi connectivity index (χ0) is 23.7. The lowest BCUT2D eigenvalue weighted by Gasteiger charge is -2.27. The Morgan fingerprint density at radius 2 is 1.82 bits per heavy atom. The largest absolute Gasteiger partial charge is 0.503 e. The maximum atomic E-state index is 13.0. The molecule has 1 amide bonds. The van der Waals surface area contributed by atoms with E-state index >= 15 is 0 Å². The molecular weight excluding hydrogens is 424 g/mol. The number of aliphatic hydroxyl groups excluding tert-OH is 1. The van der Waals surface area contributed by atoms with Crippen LogP contribution in [0.4, 0.5) is 0 Å². The fourth-order valence-electron chi connectivity index (χ4n) is 4.35. The van der Waals surface area contributed by atoms with Crippen molar-refractivity contribution in [2.24, 2.45) is 0 Å². The summed E-state index contributed by atoms with van der Waals surface area (Å²) in [5.41, 5.74) is 2.68. The topological polar surface area (TPSA) is 101 Å². The molecule has 2 N–H and O–H groups in total. The Bertz CT molecular complexity index is 1260. The third-order valence-electron chi connectivity index (χ3n) is 6.00. The molecule has 172 valence electrons. The number of aliphatic hydroxyl groups is 1. The Kier molecular flexibility index (Phi) is 6.00. The summed E-state index contributed by atoms with van der Waals surface area (Å²) in [5, 5.41) is 11.5. The number of rotatable bonds is 8. The third kappa shape index (κ3) is 3.88. The second-order valence-electron chi connectivity index (χ2n) is 7.81. The quantitative estimate of drug-likeness (QED) is 0.543. The minimum absolute atomic E-state index is 0.0767. The molecular formula is C25H26N2O6. The molecule has 1 aliphatic heterocycles. The van der Waals surface area contributed by atoms with Gasteiger partial charge in [-0.05, 0) is 54.8 Å². The molecule has 0 bridgehead atoms. The summed E-state index contributed by atoms with van der Waals surface area (Å²) < 4.78 is 16.0. The molecule has 0 spiro atoms. The number of amides is 1. The Morgan fingerprint density at radius 1 is 1.06 bits per heavy atom. The molecule has 1 unspecified atom stereocenters. The summed E-state index contributed by atoms with van der Waals surface area (Å²) >= 11 is 0. The van der Waals surface area contributed by atoms with E-state index in [2.05, 4.69) is 4.98 Å². The fourth-order valence-corrected chi connectivity index (χ4v) is 4.35. The lowest BCUT2D eigenvalue weighted by atomic mass is 9.96. The van der Waals surface area contributed by atoms with Crippen LogP contribution in [-0.2, 0) is 16.0 Å². The number of methoxy groups -OCH3 is 3. The molecule has 2 aromatic carbocycles. The first-order valence-electron chi connectivity index (χ1n) is 10.5. The van der Waals surface area contributed by atoms with E-state index in [4.69, 9.17) is 14.2 Å². The molecule has 1 aromatic heterocycles. The van der Waals surface area contributed by atoms with E-state index in [-0.39, 0.29) is 11.4 Å². The molecule has 1 aliphatic rings. The molecule has 2 heterocycles. The van der Waals surface area contributed by atoms with Crippen molar-refractivity contribution < 1.29 is 28.9 Å². The van der Waals surface area contributed by atoms with Crippen LogP contribution in [0.15, 0.2) is 53.9 Å². The molecule has 8 nitrogen and oxygen atoms in total. The van der Waals surface area contributed by atoms with Crippen molar-refractivity contribution in [3.05, 3.63) is 65.1 Å². The first-order valence-corrected chi connectivity index (χ1v) is 10.5. The molecule has 3 aromatic rings. The van der Waals surface area contributed by atoms with Crippen LogP contribution < -0.4 is 14.2 Å². The van der Waals surface area contributed by atoms with Crippen molar-refractivity contribution in [1.82, 2.24) is 9.88 Å². The smallest absolute Gasteiger partial charge is 0.290 e. The molecule has 8 heteroatoms. The molecule has 4 rings (SSSR count). The van der Waals surface area contributed by atoms with E-state index < -0.39 is 17.7 Å². The van der Waals surface area contributed by atoms with Gasteiger partial charge in [0, 0.05) is 23.6 Å². The number of nitrogens with one attached hydrogen (secondary N) is 1. The van der Waals surface area contributed by atoms with Crippen molar-refractivity contribution in [3.8, 4) is 17.2 Å². The first-order chi connectivity index (χ1) is 15.9. The van der Waals surface area contributed by atoms with Crippen LogP contribution in [0, 0.1) is 0 Å². The summed E-state index contributed by atoms with van der Waals surface area (Å²) in [6.07, 6.45) is 2.41. The minimum Gasteiger partial charge on any atom is -0.503 e. The molecule has 33 heavy (non-hydrogen) atoms. The predicted molar refractivity (Wildman–Crippen MR) is 123 cm³/mol. The van der Waals surface area contributed by atoms with Crippen molar-refractivity contribution in [2.75, 3.05) is 27.9 Å². The molecule has 0 fully saturated rings. The number of hydrogen-bond donors (Lipinski definition) is 2. The third-order valence-corrected chi connectivity index (χ3v) is 6.00. The number of fused-ring (bicyclic) bond motifs is 1. The number of carbonyl (C=O) groups is 2. The number of aromatic amines is 1. The molecule has 1 atom stereocenters. The molecule has 0 radical (unpaired) electrons. The van der Waals surface area contributed by atoms with Gasteiger partial charge in [-0.25, -0.2) is 0 Å². The van der Waals surface area contributed by atoms with Gasteiger partial charge < -0.3 is 29.2 Å². The number of H-pyrrole nitrogens is 1. The normalized spacial score (nSPS) is 15.9. The average Bonchev–Trinajstić information content (AvgIpc) is 3.34. The van der Waals surface area contributed by atoms with Crippen molar-refractivity contribution in [3.63, 3.8) is 0 Å². The van der Waals surface area contributed by atoms with Gasteiger partial charge in [0.1, 0.15) is 5.75 Å². The van der Waals surface area contributed by atoms with Gasteiger partial charge >= 0.3 is 0 Å². The number of nitrogens with zero attached hydrogens (tertiary/aromatic N) is 1. The first kappa shape index (κ1) is 22.3. The molecule has 0 saturated carbocycles. The van der Waals surface area contributed by atoms with Gasteiger partial charge in [0.25, 0.3) is 5.91 Å². The van der Waals surface area contributed by atoms with E-state index in [1.54, 1.807) is 25.3 Å². The summed E-state index contributed by atoms with van der Waals surface area (Å²) in [6.45, 7) is 1.64. The van der Waals surface area contributed by atoms with Crippen LogP contribution in [0.3, 0.4) is 0 Å². The highest BCUT2D eigenvalue weighted by Gasteiger charge is 2.42. The highest BCUT2D eigenvalue weighted by Crippen LogP contribution is 2.41.